The van der Waals surface area contributed by atoms with Gasteiger partial charge in [0.2, 0.25) is 0 Å². The Balaban J connectivity index is 1.93. The lowest BCUT2D eigenvalue weighted by Crippen LogP contribution is -2.45. The summed E-state index contributed by atoms with van der Waals surface area (Å²) in [6.45, 7) is 6.79. The van der Waals surface area contributed by atoms with Gasteiger partial charge in [-0.05, 0) is 44.1 Å². The van der Waals surface area contributed by atoms with E-state index in [1.54, 1.807) is 6.07 Å². The van der Waals surface area contributed by atoms with Gasteiger partial charge in [-0.1, -0.05) is 19.9 Å². The zero-order valence-corrected chi connectivity index (χ0v) is 13.1. The number of hydrogen-bond acceptors (Lipinski definition) is 3. The minimum absolute atomic E-state index is 0.0726. The van der Waals surface area contributed by atoms with Crippen molar-refractivity contribution in [1.82, 2.24) is 5.32 Å². The lowest BCUT2D eigenvalue weighted by molar-refractivity contribution is -0.0258. The van der Waals surface area contributed by atoms with E-state index in [0.717, 1.165) is 31.7 Å². The minimum atomic E-state index is -0.697. The molecule has 1 fully saturated rings. The van der Waals surface area contributed by atoms with Gasteiger partial charge < -0.3 is 15.5 Å². The quantitative estimate of drug-likeness (QED) is 0.796. The molecule has 118 valence electrons. The molecule has 2 rings (SSSR count). The molecule has 1 aromatic rings. The molecule has 0 amide bonds. The SMILES string of the molecule is CC(NCC1(O)CCC(C)(C)CC1)c1ccc(O)cc1F. The molecule has 0 spiro atoms. The van der Waals surface area contributed by atoms with E-state index in [0.29, 0.717) is 17.5 Å². The normalized spacial score (nSPS) is 22.0. The third-order valence-electron chi connectivity index (χ3n) is 4.72. The van der Waals surface area contributed by atoms with Gasteiger partial charge in [0.15, 0.2) is 0 Å². The van der Waals surface area contributed by atoms with Crippen LogP contribution in [0.2, 0.25) is 0 Å². The molecule has 0 heterocycles. The van der Waals surface area contributed by atoms with E-state index in [-0.39, 0.29) is 11.8 Å². The highest BCUT2D eigenvalue weighted by atomic mass is 19.1. The van der Waals surface area contributed by atoms with Crippen LogP contribution in [0.25, 0.3) is 0 Å². The van der Waals surface area contributed by atoms with Gasteiger partial charge in [-0.3, -0.25) is 0 Å². The van der Waals surface area contributed by atoms with Crippen molar-refractivity contribution in [2.75, 3.05) is 6.54 Å². The third kappa shape index (κ3) is 4.17. The van der Waals surface area contributed by atoms with Crippen molar-refractivity contribution in [2.24, 2.45) is 5.41 Å². The van der Waals surface area contributed by atoms with Crippen molar-refractivity contribution in [2.45, 2.75) is 58.1 Å². The van der Waals surface area contributed by atoms with Crippen molar-refractivity contribution >= 4 is 0 Å². The lowest BCUT2D eigenvalue weighted by Gasteiger charge is -2.40. The molecular formula is C17H26FNO2. The van der Waals surface area contributed by atoms with Gasteiger partial charge in [0, 0.05) is 24.2 Å². The molecule has 0 saturated heterocycles. The first-order chi connectivity index (χ1) is 9.71. The highest BCUT2D eigenvalue weighted by molar-refractivity contribution is 5.29. The lowest BCUT2D eigenvalue weighted by atomic mass is 9.71. The Kier molecular flexibility index (Phi) is 4.59. The van der Waals surface area contributed by atoms with Crippen LogP contribution in [0.3, 0.4) is 0 Å². The second-order valence-corrected chi connectivity index (χ2v) is 7.20. The number of hydrogen-bond donors (Lipinski definition) is 3. The van der Waals surface area contributed by atoms with Gasteiger partial charge in [-0.2, -0.15) is 0 Å². The number of aromatic hydroxyl groups is 1. The first kappa shape index (κ1) is 16.2. The molecule has 1 aromatic carbocycles. The topological polar surface area (TPSA) is 52.5 Å². The molecule has 0 bridgehead atoms. The molecular weight excluding hydrogens is 269 g/mol. The molecule has 1 saturated carbocycles. The fourth-order valence-electron chi connectivity index (χ4n) is 2.89. The molecule has 0 aliphatic heterocycles. The summed E-state index contributed by atoms with van der Waals surface area (Å²) >= 11 is 0. The van der Waals surface area contributed by atoms with Gasteiger partial charge in [0.25, 0.3) is 0 Å². The summed E-state index contributed by atoms with van der Waals surface area (Å²) in [6, 6.07) is 3.97. The van der Waals surface area contributed by atoms with Crippen molar-refractivity contribution < 1.29 is 14.6 Å². The molecule has 21 heavy (non-hydrogen) atoms. The molecule has 0 aromatic heterocycles. The number of halogens is 1. The van der Waals surface area contributed by atoms with Gasteiger partial charge in [-0.25, -0.2) is 4.39 Å². The zero-order valence-electron chi connectivity index (χ0n) is 13.1. The summed E-state index contributed by atoms with van der Waals surface area (Å²) in [5.74, 6) is -0.497. The van der Waals surface area contributed by atoms with E-state index < -0.39 is 11.4 Å². The summed E-state index contributed by atoms with van der Waals surface area (Å²) in [6.07, 6.45) is 3.57. The second-order valence-electron chi connectivity index (χ2n) is 7.20. The van der Waals surface area contributed by atoms with Crippen molar-refractivity contribution in [3.05, 3.63) is 29.6 Å². The Morgan fingerprint density at radius 3 is 2.43 bits per heavy atom. The van der Waals surface area contributed by atoms with E-state index in [9.17, 15) is 14.6 Å². The van der Waals surface area contributed by atoms with Gasteiger partial charge in [0.05, 0.1) is 5.60 Å². The van der Waals surface area contributed by atoms with Gasteiger partial charge in [0.1, 0.15) is 11.6 Å². The number of phenols is 1. The van der Waals surface area contributed by atoms with Crippen LogP contribution in [-0.2, 0) is 0 Å². The highest BCUT2D eigenvalue weighted by Gasteiger charge is 2.36. The largest absolute Gasteiger partial charge is 0.508 e. The monoisotopic (exact) mass is 295 g/mol. The van der Waals surface area contributed by atoms with Gasteiger partial charge >= 0.3 is 0 Å². The average molecular weight is 295 g/mol. The number of nitrogens with one attached hydrogen (secondary N) is 1. The van der Waals surface area contributed by atoms with E-state index in [1.165, 1.54) is 6.07 Å². The summed E-state index contributed by atoms with van der Waals surface area (Å²) in [4.78, 5) is 0. The maximum absolute atomic E-state index is 13.8. The summed E-state index contributed by atoms with van der Waals surface area (Å²) in [5.41, 5.74) is 0.116. The Hall–Kier alpha value is -1.13. The van der Waals surface area contributed by atoms with Crippen molar-refractivity contribution in [3.8, 4) is 5.75 Å². The van der Waals surface area contributed by atoms with E-state index in [4.69, 9.17) is 0 Å². The second kappa shape index (κ2) is 5.93. The minimum Gasteiger partial charge on any atom is -0.508 e. The Labute approximate surface area is 126 Å². The van der Waals surface area contributed by atoms with E-state index in [2.05, 4.69) is 19.2 Å². The molecule has 3 N–H and O–H groups in total. The number of aliphatic hydroxyl groups is 1. The Bertz CT molecular complexity index is 492. The number of benzene rings is 1. The standard InChI is InChI=1S/C17H26FNO2/c1-12(14-5-4-13(20)10-15(14)18)19-11-17(21)8-6-16(2,3)7-9-17/h4-5,10,12,19-21H,6-9,11H2,1-3H3. The first-order valence-corrected chi connectivity index (χ1v) is 7.65. The molecule has 1 atom stereocenters. The molecule has 3 nitrogen and oxygen atoms in total. The summed E-state index contributed by atoms with van der Waals surface area (Å²) in [7, 11) is 0. The number of rotatable bonds is 4. The molecule has 0 radical (unpaired) electrons. The van der Waals surface area contributed by atoms with Crippen LogP contribution in [0, 0.1) is 11.2 Å². The summed E-state index contributed by atoms with van der Waals surface area (Å²) < 4.78 is 13.8. The van der Waals surface area contributed by atoms with Crippen LogP contribution in [0.4, 0.5) is 4.39 Å². The van der Waals surface area contributed by atoms with Crippen molar-refractivity contribution in [3.63, 3.8) is 0 Å². The molecule has 1 unspecified atom stereocenters. The third-order valence-corrected chi connectivity index (χ3v) is 4.72. The molecule has 1 aliphatic carbocycles. The molecule has 4 heteroatoms. The predicted molar refractivity (Wildman–Crippen MR) is 81.7 cm³/mol. The Morgan fingerprint density at radius 1 is 1.24 bits per heavy atom. The van der Waals surface area contributed by atoms with Crippen LogP contribution in [0.15, 0.2) is 18.2 Å². The van der Waals surface area contributed by atoms with Crippen LogP contribution >= 0.6 is 0 Å². The van der Waals surface area contributed by atoms with Crippen molar-refractivity contribution in [1.29, 1.82) is 0 Å². The van der Waals surface area contributed by atoms with Crippen LogP contribution < -0.4 is 5.32 Å². The van der Waals surface area contributed by atoms with Crippen LogP contribution in [0.1, 0.15) is 58.1 Å². The maximum atomic E-state index is 13.8. The van der Waals surface area contributed by atoms with Gasteiger partial charge in [-0.15, -0.1) is 0 Å². The van der Waals surface area contributed by atoms with E-state index >= 15 is 0 Å². The fourth-order valence-corrected chi connectivity index (χ4v) is 2.89. The smallest absolute Gasteiger partial charge is 0.131 e. The fraction of sp³-hybridized carbons (Fsp3) is 0.647. The highest BCUT2D eigenvalue weighted by Crippen LogP contribution is 2.40. The average Bonchev–Trinajstić information content (AvgIpc) is 2.40. The summed E-state index contributed by atoms with van der Waals surface area (Å²) in [5, 5.41) is 23.1. The van der Waals surface area contributed by atoms with E-state index in [1.807, 2.05) is 6.92 Å². The number of phenolic OH excluding ortho intramolecular Hbond substituents is 1. The van der Waals surface area contributed by atoms with Crippen LogP contribution in [-0.4, -0.2) is 22.4 Å². The first-order valence-electron chi connectivity index (χ1n) is 7.65. The Morgan fingerprint density at radius 2 is 1.86 bits per heavy atom. The van der Waals surface area contributed by atoms with Crippen LogP contribution in [0.5, 0.6) is 5.75 Å². The molecule has 1 aliphatic rings. The maximum Gasteiger partial charge on any atom is 0.131 e. The zero-order chi connectivity index (χ0) is 15.7. The predicted octanol–water partition coefficient (Wildman–Crippen LogP) is 3.51.